The Hall–Kier alpha value is -2.53. The zero-order valence-corrected chi connectivity index (χ0v) is 15.8. The molecule has 1 atom stereocenters. The summed E-state index contributed by atoms with van der Waals surface area (Å²) >= 11 is 5.98. The Bertz CT molecular complexity index is 891. The number of carbonyl (C=O) groups is 2. The zero-order chi connectivity index (χ0) is 19.0. The number of nitrogens with one attached hydrogen (secondary N) is 2. The van der Waals surface area contributed by atoms with Gasteiger partial charge in [0.05, 0.1) is 13.0 Å². The van der Waals surface area contributed by atoms with Crippen LogP contribution in [-0.4, -0.2) is 25.5 Å². The topological polar surface area (TPSA) is 67.4 Å². The van der Waals surface area contributed by atoms with E-state index in [2.05, 4.69) is 10.6 Å². The molecule has 1 saturated carbocycles. The predicted octanol–water partition coefficient (Wildman–Crippen LogP) is 3.62. The molecular formula is C21H21ClN2O3. The van der Waals surface area contributed by atoms with Gasteiger partial charge < -0.3 is 15.4 Å². The van der Waals surface area contributed by atoms with Crippen LogP contribution in [0.4, 0.5) is 5.69 Å². The molecule has 0 radical (unpaired) electrons. The first kappa shape index (κ1) is 17.9. The van der Waals surface area contributed by atoms with Gasteiger partial charge in [0.25, 0.3) is 0 Å². The molecule has 0 aromatic heterocycles. The number of amides is 2. The molecule has 1 heterocycles. The summed E-state index contributed by atoms with van der Waals surface area (Å²) in [5.41, 5.74) is 2.64. The Morgan fingerprint density at radius 2 is 2.00 bits per heavy atom. The van der Waals surface area contributed by atoms with Crippen LogP contribution in [0.1, 0.15) is 36.3 Å². The second-order valence-corrected chi connectivity index (χ2v) is 7.70. The molecule has 5 nitrogen and oxygen atoms in total. The minimum Gasteiger partial charge on any atom is -0.497 e. The van der Waals surface area contributed by atoms with Crippen LogP contribution in [0, 0.1) is 0 Å². The molecule has 0 spiro atoms. The van der Waals surface area contributed by atoms with Gasteiger partial charge in [0, 0.05) is 29.1 Å². The third kappa shape index (κ3) is 3.52. The van der Waals surface area contributed by atoms with Crippen LogP contribution < -0.4 is 15.4 Å². The highest BCUT2D eigenvalue weighted by Gasteiger charge is 2.45. The lowest BCUT2D eigenvalue weighted by atomic mass is 9.89. The van der Waals surface area contributed by atoms with Gasteiger partial charge in [0.15, 0.2) is 0 Å². The van der Waals surface area contributed by atoms with Crippen molar-refractivity contribution in [3.8, 4) is 5.75 Å². The fraction of sp³-hybridized carbons (Fsp3) is 0.333. The van der Waals surface area contributed by atoms with E-state index in [0.29, 0.717) is 23.0 Å². The van der Waals surface area contributed by atoms with Crippen LogP contribution in [0.25, 0.3) is 0 Å². The molecule has 2 amide bonds. The maximum Gasteiger partial charge on any atom is 0.228 e. The molecule has 0 saturated heterocycles. The quantitative estimate of drug-likeness (QED) is 0.827. The van der Waals surface area contributed by atoms with E-state index in [-0.39, 0.29) is 23.7 Å². The van der Waals surface area contributed by atoms with E-state index in [9.17, 15) is 9.59 Å². The van der Waals surface area contributed by atoms with Crippen LogP contribution in [0.3, 0.4) is 0 Å². The van der Waals surface area contributed by atoms with Gasteiger partial charge in [-0.25, -0.2) is 0 Å². The second-order valence-electron chi connectivity index (χ2n) is 7.26. The summed E-state index contributed by atoms with van der Waals surface area (Å²) in [7, 11) is 1.58. The molecule has 2 N–H and O–H groups in total. The van der Waals surface area contributed by atoms with Gasteiger partial charge in [0.1, 0.15) is 5.75 Å². The molecule has 1 fully saturated rings. The number of halogens is 1. The van der Waals surface area contributed by atoms with Gasteiger partial charge >= 0.3 is 0 Å². The number of carbonyl (C=O) groups excluding carboxylic acids is 2. The Balaban J connectivity index is 1.50. The monoisotopic (exact) mass is 384 g/mol. The first-order valence-electron chi connectivity index (χ1n) is 9.02. The first-order chi connectivity index (χ1) is 13.0. The van der Waals surface area contributed by atoms with Crippen molar-refractivity contribution in [1.29, 1.82) is 0 Å². The Morgan fingerprint density at radius 3 is 2.67 bits per heavy atom. The van der Waals surface area contributed by atoms with Crippen molar-refractivity contribution in [2.75, 3.05) is 19.0 Å². The molecule has 2 aliphatic rings. The van der Waals surface area contributed by atoms with E-state index in [0.717, 1.165) is 18.4 Å². The van der Waals surface area contributed by atoms with Gasteiger partial charge in [-0.05, 0) is 54.3 Å². The van der Waals surface area contributed by atoms with E-state index in [1.54, 1.807) is 19.2 Å². The van der Waals surface area contributed by atoms with Crippen LogP contribution in [0.2, 0.25) is 5.02 Å². The smallest absolute Gasteiger partial charge is 0.228 e. The van der Waals surface area contributed by atoms with Crippen molar-refractivity contribution in [2.45, 2.75) is 30.6 Å². The fourth-order valence-corrected chi connectivity index (χ4v) is 3.83. The first-order valence-corrected chi connectivity index (χ1v) is 9.40. The zero-order valence-electron chi connectivity index (χ0n) is 15.0. The fourth-order valence-electron chi connectivity index (χ4n) is 3.70. The summed E-state index contributed by atoms with van der Waals surface area (Å²) in [5.74, 6) is -0.112. The van der Waals surface area contributed by atoms with Crippen LogP contribution in [0.5, 0.6) is 5.75 Å². The summed E-state index contributed by atoms with van der Waals surface area (Å²) in [6.45, 7) is 0.560. The number of anilines is 1. The Morgan fingerprint density at radius 1 is 1.26 bits per heavy atom. The molecule has 140 valence electrons. The van der Waals surface area contributed by atoms with Crippen LogP contribution >= 0.6 is 11.6 Å². The van der Waals surface area contributed by atoms with Crippen molar-refractivity contribution < 1.29 is 14.3 Å². The number of fused-ring (bicyclic) bond motifs is 1. The molecule has 2 aromatic rings. The maximum atomic E-state index is 12.9. The minimum absolute atomic E-state index is 0.0195. The van der Waals surface area contributed by atoms with E-state index in [4.69, 9.17) is 16.3 Å². The number of hydrogen-bond acceptors (Lipinski definition) is 3. The van der Waals surface area contributed by atoms with Gasteiger partial charge in [-0.3, -0.25) is 9.59 Å². The van der Waals surface area contributed by atoms with E-state index < -0.39 is 5.92 Å². The number of benzene rings is 2. The Labute approximate surface area is 163 Å². The number of ether oxygens (including phenoxy) is 1. The standard InChI is InChI=1S/C21H21ClN2O3/c1-27-15-6-7-18-16(10-15)17(11-19(25)24-18)20(26)23-12-21(8-9-21)13-2-4-14(22)5-3-13/h2-7,10,17H,8-9,11-12H2,1H3,(H,23,26)(H,24,25)/t17-/m0/s1. The average Bonchev–Trinajstić information content (AvgIpc) is 3.46. The van der Waals surface area contributed by atoms with Gasteiger partial charge in [-0.15, -0.1) is 0 Å². The van der Waals surface area contributed by atoms with Crippen LogP contribution in [0.15, 0.2) is 42.5 Å². The third-order valence-electron chi connectivity index (χ3n) is 5.53. The summed E-state index contributed by atoms with van der Waals surface area (Å²) < 4.78 is 5.27. The molecule has 2 aromatic carbocycles. The molecular weight excluding hydrogens is 364 g/mol. The number of hydrogen-bond donors (Lipinski definition) is 2. The lowest BCUT2D eigenvalue weighted by Gasteiger charge is -2.26. The average molecular weight is 385 g/mol. The summed E-state index contributed by atoms with van der Waals surface area (Å²) in [6.07, 6.45) is 2.20. The minimum atomic E-state index is -0.509. The molecule has 6 heteroatoms. The molecule has 1 aliphatic heterocycles. The Kier molecular flexibility index (Phi) is 4.56. The van der Waals surface area contributed by atoms with Crippen molar-refractivity contribution in [3.05, 3.63) is 58.6 Å². The highest BCUT2D eigenvalue weighted by molar-refractivity contribution is 6.30. The van der Waals surface area contributed by atoms with Gasteiger partial charge in [0.2, 0.25) is 11.8 Å². The molecule has 0 bridgehead atoms. The van der Waals surface area contributed by atoms with Gasteiger partial charge in [-0.1, -0.05) is 23.7 Å². The summed E-state index contributed by atoms with van der Waals surface area (Å²) in [5, 5.41) is 6.61. The molecule has 1 aliphatic carbocycles. The van der Waals surface area contributed by atoms with Crippen molar-refractivity contribution in [2.24, 2.45) is 0 Å². The number of rotatable bonds is 5. The third-order valence-corrected chi connectivity index (χ3v) is 5.78. The van der Waals surface area contributed by atoms with E-state index >= 15 is 0 Å². The predicted molar refractivity (Wildman–Crippen MR) is 104 cm³/mol. The lowest BCUT2D eigenvalue weighted by molar-refractivity contribution is -0.126. The van der Waals surface area contributed by atoms with Crippen molar-refractivity contribution in [1.82, 2.24) is 5.32 Å². The second kappa shape index (κ2) is 6.89. The highest BCUT2D eigenvalue weighted by Crippen LogP contribution is 2.48. The van der Waals surface area contributed by atoms with Gasteiger partial charge in [-0.2, -0.15) is 0 Å². The van der Waals surface area contributed by atoms with Crippen molar-refractivity contribution >= 4 is 29.1 Å². The lowest BCUT2D eigenvalue weighted by Crippen LogP contribution is -2.38. The molecule has 27 heavy (non-hydrogen) atoms. The highest BCUT2D eigenvalue weighted by atomic mass is 35.5. The largest absolute Gasteiger partial charge is 0.497 e. The summed E-state index contributed by atoms with van der Waals surface area (Å²) in [6, 6.07) is 13.2. The normalized spacial score (nSPS) is 19.6. The molecule has 0 unspecified atom stereocenters. The SMILES string of the molecule is COc1ccc2c(c1)[C@@H](C(=O)NCC1(c3ccc(Cl)cc3)CC1)CC(=O)N2. The van der Waals surface area contributed by atoms with Crippen molar-refractivity contribution in [3.63, 3.8) is 0 Å². The van der Waals surface area contributed by atoms with Crippen LogP contribution in [-0.2, 0) is 15.0 Å². The van der Waals surface area contributed by atoms with E-state index in [1.807, 2.05) is 30.3 Å². The number of methoxy groups -OCH3 is 1. The van der Waals surface area contributed by atoms with E-state index in [1.165, 1.54) is 5.56 Å². The maximum absolute atomic E-state index is 12.9. The summed E-state index contributed by atoms with van der Waals surface area (Å²) in [4.78, 5) is 24.9. The molecule has 4 rings (SSSR count).